The third-order valence-electron chi connectivity index (χ3n) is 4.10. The van der Waals surface area contributed by atoms with Crippen molar-refractivity contribution in [1.29, 1.82) is 0 Å². The third kappa shape index (κ3) is 2.99. The highest BCUT2D eigenvalue weighted by atomic mass is 16.2. The maximum absolute atomic E-state index is 12.6. The number of nitrogens with zero attached hydrogens (tertiary/aromatic N) is 2. The Hall–Kier alpha value is -2.10. The minimum atomic E-state index is -0.0431. The molecule has 4 nitrogen and oxygen atoms in total. The number of amides is 1. The SMILES string of the molecule is CNc1cc(C(=O)N(C)C(C)C(C)C)nc2ccccc12. The second-order valence-corrected chi connectivity index (χ2v) is 5.72. The summed E-state index contributed by atoms with van der Waals surface area (Å²) in [5.74, 6) is 0.363. The number of carbonyl (C=O) groups excluding carboxylic acids is 1. The summed E-state index contributed by atoms with van der Waals surface area (Å²) in [5.41, 5.74) is 2.24. The molecule has 112 valence electrons. The number of anilines is 1. The number of para-hydroxylation sites is 1. The molecule has 4 heteroatoms. The molecule has 0 aliphatic carbocycles. The van der Waals surface area contributed by atoms with Gasteiger partial charge in [0.25, 0.3) is 5.91 Å². The first kappa shape index (κ1) is 15.3. The first-order chi connectivity index (χ1) is 9.95. The minimum Gasteiger partial charge on any atom is -0.388 e. The summed E-state index contributed by atoms with van der Waals surface area (Å²) in [5, 5.41) is 4.17. The van der Waals surface area contributed by atoms with Gasteiger partial charge in [-0.1, -0.05) is 32.0 Å². The molecule has 2 rings (SSSR count). The predicted molar refractivity (Wildman–Crippen MR) is 87.7 cm³/mol. The van der Waals surface area contributed by atoms with Crippen LogP contribution in [-0.2, 0) is 0 Å². The Morgan fingerprint density at radius 2 is 1.90 bits per heavy atom. The molecule has 1 aromatic carbocycles. The lowest BCUT2D eigenvalue weighted by atomic mass is 10.0. The molecule has 0 bridgehead atoms. The van der Waals surface area contributed by atoms with Gasteiger partial charge in [0.1, 0.15) is 5.69 Å². The van der Waals surface area contributed by atoms with Gasteiger partial charge in [0, 0.05) is 31.2 Å². The van der Waals surface area contributed by atoms with Gasteiger partial charge in [-0.25, -0.2) is 4.98 Å². The van der Waals surface area contributed by atoms with Crippen LogP contribution in [0.4, 0.5) is 5.69 Å². The molecule has 0 radical (unpaired) electrons. The highest BCUT2D eigenvalue weighted by molar-refractivity contribution is 5.99. The molecule has 1 aromatic heterocycles. The van der Waals surface area contributed by atoms with E-state index in [1.807, 2.05) is 44.4 Å². The fraction of sp³-hybridized carbons (Fsp3) is 0.412. The summed E-state index contributed by atoms with van der Waals surface area (Å²) in [6.07, 6.45) is 0. The average molecular weight is 285 g/mol. The number of fused-ring (bicyclic) bond motifs is 1. The van der Waals surface area contributed by atoms with E-state index >= 15 is 0 Å². The number of aromatic nitrogens is 1. The first-order valence-electron chi connectivity index (χ1n) is 7.30. The average Bonchev–Trinajstić information content (AvgIpc) is 2.51. The van der Waals surface area contributed by atoms with Crippen LogP contribution in [0.25, 0.3) is 10.9 Å². The number of hydrogen-bond acceptors (Lipinski definition) is 3. The topological polar surface area (TPSA) is 45.2 Å². The molecule has 0 spiro atoms. The van der Waals surface area contributed by atoms with Crippen LogP contribution in [0, 0.1) is 5.92 Å². The van der Waals surface area contributed by atoms with E-state index in [2.05, 4.69) is 31.1 Å². The summed E-state index contributed by atoms with van der Waals surface area (Å²) in [6.45, 7) is 6.28. The highest BCUT2D eigenvalue weighted by Gasteiger charge is 2.21. The lowest BCUT2D eigenvalue weighted by Gasteiger charge is -2.27. The maximum Gasteiger partial charge on any atom is 0.272 e. The van der Waals surface area contributed by atoms with Gasteiger partial charge in [-0.2, -0.15) is 0 Å². The molecule has 1 unspecified atom stereocenters. The number of benzene rings is 1. The quantitative estimate of drug-likeness (QED) is 0.936. The van der Waals surface area contributed by atoms with Crippen LogP contribution >= 0.6 is 0 Å². The van der Waals surface area contributed by atoms with E-state index in [0.29, 0.717) is 11.6 Å². The largest absolute Gasteiger partial charge is 0.388 e. The molecule has 1 atom stereocenters. The van der Waals surface area contributed by atoms with Crippen molar-refractivity contribution in [2.45, 2.75) is 26.8 Å². The Balaban J connectivity index is 2.44. The normalized spacial score (nSPS) is 12.5. The van der Waals surface area contributed by atoms with Crippen LogP contribution in [0.1, 0.15) is 31.3 Å². The van der Waals surface area contributed by atoms with Crippen molar-refractivity contribution >= 4 is 22.5 Å². The molecule has 0 fully saturated rings. The van der Waals surface area contributed by atoms with Gasteiger partial charge in [-0.15, -0.1) is 0 Å². The van der Waals surface area contributed by atoms with Crippen LogP contribution in [0.2, 0.25) is 0 Å². The highest BCUT2D eigenvalue weighted by Crippen LogP contribution is 2.23. The lowest BCUT2D eigenvalue weighted by molar-refractivity contribution is 0.0701. The van der Waals surface area contributed by atoms with Crippen molar-refractivity contribution in [2.24, 2.45) is 5.92 Å². The third-order valence-corrected chi connectivity index (χ3v) is 4.10. The maximum atomic E-state index is 12.6. The Morgan fingerprint density at radius 1 is 1.24 bits per heavy atom. The van der Waals surface area contributed by atoms with E-state index in [4.69, 9.17) is 0 Å². The van der Waals surface area contributed by atoms with Crippen LogP contribution in [-0.4, -0.2) is 35.9 Å². The molecular weight excluding hydrogens is 262 g/mol. The first-order valence-corrected chi connectivity index (χ1v) is 7.30. The van der Waals surface area contributed by atoms with Crippen molar-refractivity contribution < 1.29 is 4.79 Å². The monoisotopic (exact) mass is 285 g/mol. The molecule has 0 aliphatic rings. The van der Waals surface area contributed by atoms with E-state index in [1.54, 1.807) is 4.90 Å². The van der Waals surface area contributed by atoms with Gasteiger partial charge in [-0.05, 0) is 25.0 Å². The molecule has 1 amide bonds. The number of rotatable bonds is 4. The van der Waals surface area contributed by atoms with Gasteiger partial charge in [0.05, 0.1) is 5.52 Å². The molecule has 1 N–H and O–H groups in total. The molecule has 21 heavy (non-hydrogen) atoms. The van der Waals surface area contributed by atoms with Crippen LogP contribution in [0.15, 0.2) is 30.3 Å². The molecule has 0 saturated carbocycles. The zero-order chi connectivity index (χ0) is 15.6. The second-order valence-electron chi connectivity index (χ2n) is 5.72. The standard InChI is InChI=1S/C17H23N3O/c1-11(2)12(3)20(5)17(21)16-10-15(18-4)13-8-6-7-9-14(13)19-16/h6-12H,1-5H3,(H,18,19). The molecule has 2 aromatic rings. The predicted octanol–water partition coefficient (Wildman–Crippen LogP) is 3.39. The van der Waals surface area contributed by atoms with Crippen LogP contribution < -0.4 is 5.32 Å². The van der Waals surface area contributed by atoms with E-state index in [1.165, 1.54) is 0 Å². The van der Waals surface area contributed by atoms with Gasteiger partial charge in [0.15, 0.2) is 0 Å². The summed E-state index contributed by atoms with van der Waals surface area (Å²) < 4.78 is 0. The van der Waals surface area contributed by atoms with Crippen LogP contribution in [0.3, 0.4) is 0 Å². The van der Waals surface area contributed by atoms with Crippen molar-refractivity contribution in [2.75, 3.05) is 19.4 Å². The van der Waals surface area contributed by atoms with E-state index in [-0.39, 0.29) is 11.9 Å². The Kier molecular flexibility index (Phi) is 4.46. The van der Waals surface area contributed by atoms with Gasteiger partial charge in [0.2, 0.25) is 0 Å². The number of nitrogens with one attached hydrogen (secondary N) is 1. The number of pyridine rings is 1. The Morgan fingerprint density at radius 3 is 2.52 bits per heavy atom. The Bertz CT molecular complexity index is 652. The lowest BCUT2D eigenvalue weighted by Crippen LogP contribution is -2.38. The van der Waals surface area contributed by atoms with Gasteiger partial charge in [-0.3, -0.25) is 4.79 Å². The molecule has 0 saturated heterocycles. The van der Waals surface area contributed by atoms with Crippen molar-refractivity contribution in [1.82, 2.24) is 9.88 Å². The number of hydrogen-bond donors (Lipinski definition) is 1. The van der Waals surface area contributed by atoms with Crippen LogP contribution in [0.5, 0.6) is 0 Å². The smallest absolute Gasteiger partial charge is 0.272 e. The summed E-state index contributed by atoms with van der Waals surface area (Å²) in [6, 6.07) is 9.84. The van der Waals surface area contributed by atoms with Crippen molar-refractivity contribution in [3.05, 3.63) is 36.0 Å². The number of carbonyl (C=O) groups is 1. The van der Waals surface area contributed by atoms with Gasteiger partial charge >= 0.3 is 0 Å². The van der Waals surface area contributed by atoms with Crippen molar-refractivity contribution in [3.8, 4) is 0 Å². The summed E-state index contributed by atoms with van der Waals surface area (Å²) in [7, 11) is 3.69. The molecule has 0 aliphatic heterocycles. The fourth-order valence-corrected chi connectivity index (χ4v) is 2.30. The van der Waals surface area contributed by atoms with Crippen molar-refractivity contribution in [3.63, 3.8) is 0 Å². The van der Waals surface area contributed by atoms with E-state index < -0.39 is 0 Å². The van der Waals surface area contributed by atoms with E-state index in [9.17, 15) is 4.79 Å². The molecular formula is C17H23N3O. The Labute approximate surface area is 126 Å². The summed E-state index contributed by atoms with van der Waals surface area (Å²) >= 11 is 0. The van der Waals surface area contributed by atoms with Gasteiger partial charge < -0.3 is 10.2 Å². The summed E-state index contributed by atoms with van der Waals surface area (Å²) in [4.78, 5) is 18.9. The fourth-order valence-electron chi connectivity index (χ4n) is 2.30. The zero-order valence-corrected chi connectivity index (χ0v) is 13.3. The van der Waals surface area contributed by atoms with E-state index in [0.717, 1.165) is 16.6 Å². The minimum absolute atomic E-state index is 0.0431. The molecule has 1 heterocycles. The second kappa shape index (κ2) is 6.12. The zero-order valence-electron chi connectivity index (χ0n) is 13.3.